The molecule has 0 bridgehead atoms. The van der Waals surface area contributed by atoms with Crippen molar-refractivity contribution >= 4 is 57.1 Å². The predicted molar refractivity (Wildman–Crippen MR) is 96.5 cm³/mol. The van der Waals surface area contributed by atoms with E-state index in [4.69, 9.17) is 11.6 Å². The molecule has 3 heterocycles. The van der Waals surface area contributed by atoms with Crippen LogP contribution in [0.15, 0.2) is 24.5 Å². The number of phenolic OH excluding ortho intramolecular Hbond substituents is 1. The van der Waals surface area contributed by atoms with Gasteiger partial charge in [0.15, 0.2) is 0 Å². The quantitative estimate of drug-likeness (QED) is 0.640. The van der Waals surface area contributed by atoms with Crippen LogP contribution in [0.1, 0.15) is 10.4 Å². The van der Waals surface area contributed by atoms with Crippen molar-refractivity contribution in [3.8, 4) is 5.75 Å². The normalized spacial score (nSPS) is 13.4. The maximum absolute atomic E-state index is 9.67. The van der Waals surface area contributed by atoms with E-state index in [1.165, 1.54) is 16.5 Å². The number of nitrogens with one attached hydrogen (secondary N) is 2. The van der Waals surface area contributed by atoms with Crippen LogP contribution in [0.3, 0.4) is 0 Å². The van der Waals surface area contributed by atoms with Crippen LogP contribution in [-0.4, -0.2) is 21.6 Å². The van der Waals surface area contributed by atoms with Crippen molar-refractivity contribution in [1.29, 1.82) is 0 Å². The molecule has 0 unspecified atom stereocenters. The van der Waals surface area contributed by atoms with E-state index in [9.17, 15) is 5.11 Å². The monoisotopic (exact) mass is 368 g/mol. The minimum absolute atomic E-state index is 0. The lowest BCUT2D eigenvalue weighted by molar-refractivity contribution is 0.475. The number of benzene rings is 1. The highest BCUT2D eigenvalue weighted by molar-refractivity contribution is 7.19. The maximum atomic E-state index is 9.67. The second-order valence-electron chi connectivity index (χ2n) is 5.16. The Bertz CT molecular complexity index is 848. The number of hydrogen-bond acceptors (Lipinski definition) is 6. The Labute approximate surface area is 148 Å². The van der Waals surface area contributed by atoms with E-state index in [0.29, 0.717) is 10.7 Å². The van der Waals surface area contributed by atoms with Crippen molar-refractivity contribution in [2.45, 2.75) is 13.0 Å². The van der Waals surface area contributed by atoms with Gasteiger partial charge in [-0.05, 0) is 30.7 Å². The number of fused-ring (bicyclic) bond motifs is 3. The minimum atomic E-state index is 0. The number of anilines is 2. The lowest BCUT2D eigenvalue weighted by Gasteiger charge is -2.14. The molecule has 0 amide bonds. The van der Waals surface area contributed by atoms with Gasteiger partial charge in [0.1, 0.15) is 22.7 Å². The molecule has 0 saturated carbocycles. The van der Waals surface area contributed by atoms with E-state index in [1.54, 1.807) is 29.8 Å². The summed E-state index contributed by atoms with van der Waals surface area (Å²) in [6.45, 7) is 1.85. The molecule has 5 nitrogen and oxygen atoms in total. The van der Waals surface area contributed by atoms with E-state index in [1.807, 2.05) is 0 Å². The molecule has 1 aliphatic heterocycles. The first-order valence-electron chi connectivity index (χ1n) is 6.93. The molecule has 8 heteroatoms. The van der Waals surface area contributed by atoms with Gasteiger partial charge in [-0.1, -0.05) is 11.6 Å². The fourth-order valence-corrected chi connectivity index (χ4v) is 4.12. The number of phenols is 1. The summed E-state index contributed by atoms with van der Waals surface area (Å²) in [6, 6.07) is 4.89. The largest absolute Gasteiger partial charge is 0.508 e. The molecule has 1 aliphatic rings. The van der Waals surface area contributed by atoms with E-state index in [0.717, 1.165) is 35.5 Å². The number of thiophene rings is 1. The number of aromatic hydroxyl groups is 1. The molecule has 4 rings (SSSR count). The standard InChI is InChI=1S/C15H13ClN4OS.ClH/c16-8-3-9(5-10(21)4-8)20-14-13-11-1-2-17-6-12(11)22-15(13)19-7-18-14;/h3-5,7,17,21H,1-2,6H2,(H,18,19,20);1H. The van der Waals surface area contributed by atoms with Crippen LogP contribution >= 0.6 is 35.3 Å². The first-order valence-corrected chi connectivity index (χ1v) is 8.13. The molecule has 0 aliphatic carbocycles. The summed E-state index contributed by atoms with van der Waals surface area (Å²) >= 11 is 7.69. The highest BCUT2D eigenvalue weighted by Crippen LogP contribution is 2.37. The number of rotatable bonds is 2. The van der Waals surface area contributed by atoms with E-state index in [2.05, 4.69) is 20.6 Å². The molecule has 0 atom stereocenters. The zero-order valence-corrected chi connectivity index (χ0v) is 14.4. The molecular formula is C15H14Cl2N4OS. The van der Waals surface area contributed by atoms with Crippen molar-refractivity contribution in [2.75, 3.05) is 11.9 Å². The van der Waals surface area contributed by atoms with Crippen molar-refractivity contribution in [1.82, 2.24) is 15.3 Å². The number of halogens is 2. The fraction of sp³-hybridized carbons (Fsp3) is 0.200. The van der Waals surface area contributed by atoms with E-state index < -0.39 is 0 Å². The van der Waals surface area contributed by atoms with E-state index in [-0.39, 0.29) is 18.2 Å². The van der Waals surface area contributed by atoms with Crippen LogP contribution in [0.2, 0.25) is 5.02 Å². The fourth-order valence-electron chi connectivity index (χ4n) is 2.74. The summed E-state index contributed by atoms with van der Waals surface area (Å²) in [7, 11) is 0. The second-order valence-corrected chi connectivity index (χ2v) is 6.68. The summed E-state index contributed by atoms with van der Waals surface area (Å²) < 4.78 is 0. The zero-order valence-electron chi connectivity index (χ0n) is 12.0. The third kappa shape index (κ3) is 3.07. The second kappa shape index (κ2) is 6.49. The van der Waals surface area contributed by atoms with Crippen LogP contribution in [-0.2, 0) is 13.0 Å². The van der Waals surface area contributed by atoms with Gasteiger partial charge in [-0.2, -0.15) is 0 Å². The molecule has 3 N–H and O–H groups in total. The average Bonchev–Trinajstić information content (AvgIpc) is 2.85. The first-order chi connectivity index (χ1) is 10.7. The molecule has 1 aromatic carbocycles. The number of nitrogens with zero attached hydrogens (tertiary/aromatic N) is 2. The van der Waals surface area contributed by atoms with Gasteiger partial charge in [0.25, 0.3) is 0 Å². The lowest BCUT2D eigenvalue weighted by atomic mass is 10.1. The molecule has 0 fully saturated rings. The van der Waals surface area contributed by atoms with Crippen LogP contribution in [0.5, 0.6) is 5.75 Å². The van der Waals surface area contributed by atoms with Crippen LogP contribution in [0, 0.1) is 0 Å². The molecular weight excluding hydrogens is 355 g/mol. The minimum Gasteiger partial charge on any atom is -0.508 e. The summed E-state index contributed by atoms with van der Waals surface area (Å²) in [6.07, 6.45) is 2.53. The Kier molecular flexibility index (Phi) is 4.59. The molecule has 120 valence electrons. The smallest absolute Gasteiger partial charge is 0.142 e. The summed E-state index contributed by atoms with van der Waals surface area (Å²) in [5.41, 5.74) is 2.02. The van der Waals surface area contributed by atoms with Gasteiger partial charge in [0.2, 0.25) is 0 Å². The lowest BCUT2D eigenvalue weighted by Crippen LogP contribution is -2.22. The van der Waals surface area contributed by atoms with Gasteiger partial charge >= 0.3 is 0 Å². The van der Waals surface area contributed by atoms with Crippen molar-refractivity contribution in [2.24, 2.45) is 0 Å². The van der Waals surface area contributed by atoms with Crippen LogP contribution in [0.4, 0.5) is 11.5 Å². The van der Waals surface area contributed by atoms with Gasteiger partial charge < -0.3 is 15.7 Å². The van der Waals surface area contributed by atoms with Crippen LogP contribution < -0.4 is 10.6 Å². The molecule has 3 aromatic rings. The Morgan fingerprint density at radius 3 is 2.96 bits per heavy atom. The summed E-state index contributed by atoms with van der Waals surface area (Å²) in [5.74, 6) is 0.878. The van der Waals surface area contributed by atoms with E-state index >= 15 is 0 Å². The average molecular weight is 369 g/mol. The topological polar surface area (TPSA) is 70.1 Å². The number of hydrogen-bond donors (Lipinski definition) is 3. The van der Waals surface area contributed by atoms with Crippen molar-refractivity contribution in [3.05, 3.63) is 40.0 Å². The number of aromatic nitrogens is 2. The van der Waals surface area contributed by atoms with Crippen molar-refractivity contribution < 1.29 is 5.11 Å². The molecule has 0 spiro atoms. The predicted octanol–water partition coefficient (Wildman–Crippen LogP) is 3.86. The molecule has 0 radical (unpaired) electrons. The Morgan fingerprint density at radius 1 is 1.26 bits per heavy atom. The van der Waals surface area contributed by atoms with Crippen LogP contribution in [0.25, 0.3) is 10.2 Å². The summed E-state index contributed by atoms with van der Waals surface area (Å²) in [5, 5.41) is 17.9. The highest BCUT2D eigenvalue weighted by Gasteiger charge is 2.19. The highest BCUT2D eigenvalue weighted by atomic mass is 35.5. The Morgan fingerprint density at radius 2 is 2.13 bits per heavy atom. The van der Waals surface area contributed by atoms with Gasteiger partial charge in [-0.25, -0.2) is 9.97 Å². The SMILES string of the molecule is Cl.Oc1cc(Cl)cc(Nc2ncnc3sc4c(c23)CCNC4)c1. The van der Waals surface area contributed by atoms with Gasteiger partial charge in [0.05, 0.1) is 5.39 Å². The summed E-state index contributed by atoms with van der Waals surface area (Å²) in [4.78, 5) is 11.1. The van der Waals surface area contributed by atoms with Gasteiger partial charge in [-0.15, -0.1) is 23.7 Å². The third-order valence-electron chi connectivity index (χ3n) is 3.65. The Balaban J connectivity index is 0.00000156. The third-order valence-corrected chi connectivity index (χ3v) is 5.01. The zero-order chi connectivity index (χ0) is 15.1. The maximum Gasteiger partial charge on any atom is 0.142 e. The van der Waals surface area contributed by atoms with Crippen molar-refractivity contribution in [3.63, 3.8) is 0 Å². The van der Waals surface area contributed by atoms with Gasteiger partial charge in [0, 0.05) is 28.2 Å². The molecule has 23 heavy (non-hydrogen) atoms. The Hall–Kier alpha value is -1.60. The first kappa shape index (κ1) is 16.3. The van der Waals surface area contributed by atoms with Gasteiger partial charge in [-0.3, -0.25) is 0 Å². The molecule has 0 saturated heterocycles. The molecule has 2 aromatic heterocycles.